The van der Waals surface area contributed by atoms with Gasteiger partial charge in [0.25, 0.3) is 0 Å². The Bertz CT molecular complexity index is 1750. The van der Waals surface area contributed by atoms with Crippen molar-refractivity contribution in [1.29, 1.82) is 0 Å². The van der Waals surface area contributed by atoms with Crippen LogP contribution in [0.15, 0.2) is 41.0 Å². The predicted octanol–water partition coefficient (Wildman–Crippen LogP) is 7.21. The van der Waals surface area contributed by atoms with Gasteiger partial charge in [0.1, 0.15) is 30.3 Å². The molecule has 1 aliphatic rings. The molecule has 4 aromatic rings. The lowest BCUT2D eigenvalue weighted by molar-refractivity contribution is -0.119. The van der Waals surface area contributed by atoms with Crippen LogP contribution in [0, 0.1) is 15.7 Å². The number of Topliss-reactive ketones (excluding diaryl/α,β-unsaturated/α-hetero) is 1. The summed E-state index contributed by atoms with van der Waals surface area (Å²) in [5.41, 5.74) is 1.98. The van der Waals surface area contributed by atoms with Crippen molar-refractivity contribution >= 4 is 83.4 Å². The van der Waals surface area contributed by atoms with Crippen molar-refractivity contribution in [3.05, 3.63) is 57.0 Å². The number of nitrogens with zero attached hydrogens (tertiary/aromatic N) is 5. The average Bonchev–Trinajstić information content (AvgIpc) is 3.37. The average molecular weight is 742 g/mol. The largest absolute Gasteiger partial charge is 0.692 e. The maximum absolute atomic E-state index is 13.7. The maximum atomic E-state index is 13.7. The lowest BCUT2D eigenvalue weighted by Crippen LogP contribution is -2.32. The van der Waals surface area contributed by atoms with E-state index in [4.69, 9.17) is 42.9 Å². The van der Waals surface area contributed by atoms with Gasteiger partial charge in [0.2, 0.25) is 0 Å². The standard InChI is InChI=1S/C30H34ClFN6O2S3.HO3P/c1-3-4-11-42-29-36-38(30(41)43-29)16-22(39)12-20-13-23-26(15-27(20)40-17-19-7-9-37(2)10-8-19)33-18-34-28(23)35-21-5-6-25(32)24(31)14-21;1-4(2)3/h5-6,13-15,18-19H,3-4,7-12,16-17H2,1-2H3,(H,33,34,35);(H-,1,2,3)/p+1. The quantitative estimate of drug-likeness (QED) is 0.0552. The Morgan fingerprint density at radius 2 is 2.00 bits per heavy atom. The number of rotatable bonds is 13. The third-order valence-electron chi connectivity index (χ3n) is 7.34. The number of aromatic nitrogens is 4. The van der Waals surface area contributed by atoms with E-state index >= 15 is 0 Å². The molecule has 0 saturated carbocycles. The molecule has 0 amide bonds. The van der Waals surface area contributed by atoms with Gasteiger partial charge in [-0.15, -0.1) is 9.79 Å². The molecule has 11 nitrogen and oxygen atoms in total. The molecule has 0 aliphatic carbocycles. The molecule has 17 heteroatoms. The van der Waals surface area contributed by atoms with Crippen LogP contribution in [-0.4, -0.2) is 72.7 Å². The molecule has 1 fully saturated rings. The molecule has 5 rings (SSSR count). The van der Waals surface area contributed by atoms with E-state index in [1.54, 1.807) is 22.5 Å². The number of carbonyl (C=O) groups is 1. The predicted molar refractivity (Wildman–Crippen MR) is 187 cm³/mol. The molecule has 3 N–H and O–H groups in total. The number of hydrogen-bond donors (Lipinski definition) is 3. The van der Waals surface area contributed by atoms with Gasteiger partial charge in [0.05, 0.1) is 17.1 Å². The summed E-state index contributed by atoms with van der Waals surface area (Å²) in [6.07, 6.45) is 5.94. The number of halogens is 2. The number of hydrogen-bond acceptors (Lipinski definition) is 11. The summed E-state index contributed by atoms with van der Waals surface area (Å²) in [6, 6.07) is 8.15. The van der Waals surface area contributed by atoms with Crippen LogP contribution >= 0.6 is 55.2 Å². The molecule has 1 saturated heterocycles. The van der Waals surface area contributed by atoms with Gasteiger partial charge in [-0.2, -0.15) is 5.10 Å². The Morgan fingerprint density at radius 3 is 2.70 bits per heavy atom. The first-order chi connectivity index (χ1) is 22.5. The van der Waals surface area contributed by atoms with Crippen LogP contribution in [0.4, 0.5) is 15.9 Å². The lowest BCUT2D eigenvalue weighted by atomic mass is 9.98. The van der Waals surface area contributed by atoms with E-state index in [0.29, 0.717) is 44.6 Å². The monoisotopic (exact) mass is 741 g/mol. The fourth-order valence-corrected chi connectivity index (χ4v) is 7.50. The number of benzene rings is 2. The number of nitrogens with one attached hydrogen (secondary N) is 1. The molecular formula is C30H36ClFN6O5PS3+. The molecule has 0 radical (unpaired) electrons. The number of fused-ring (bicyclic) bond motifs is 1. The zero-order chi connectivity index (χ0) is 33.9. The lowest BCUT2D eigenvalue weighted by Gasteiger charge is -2.29. The molecule has 47 heavy (non-hydrogen) atoms. The second-order valence-electron chi connectivity index (χ2n) is 11.0. The summed E-state index contributed by atoms with van der Waals surface area (Å²) >= 11 is 14.6. The first kappa shape index (κ1) is 37.2. The van der Waals surface area contributed by atoms with Gasteiger partial charge in [-0.3, -0.25) is 4.79 Å². The molecule has 252 valence electrons. The minimum absolute atomic E-state index is 0.00631. The highest BCUT2D eigenvalue weighted by Gasteiger charge is 2.20. The van der Waals surface area contributed by atoms with Crippen molar-refractivity contribution in [1.82, 2.24) is 24.6 Å². The van der Waals surface area contributed by atoms with Gasteiger partial charge in [0, 0.05) is 39.4 Å². The molecule has 0 spiro atoms. The highest BCUT2D eigenvalue weighted by Crippen LogP contribution is 2.32. The Morgan fingerprint density at radius 1 is 1.26 bits per heavy atom. The SMILES string of the molecule is CCCCSc1nn(CC(=O)Cc2cc3c(Nc4ccc(F)c(Cl)c4)ncnc3cc2OCC2CCN(C)CC2)c(=S)s1.O=[P+](O)O. The molecule has 2 aromatic carbocycles. The smallest absolute Gasteiger partial charge is 0.493 e. The normalized spacial score (nSPS) is 13.7. The van der Waals surface area contributed by atoms with E-state index in [1.165, 1.54) is 29.8 Å². The molecule has 2 aromatic heterocycles. The Hall–Kier alpha value is -2.62. The zero-order valence-electron chi connectivity index (χ0n) is 25.9. The van der Waals surface area contributed by atoms with Gasteiger partial charge in [-0.25, -0.2) is 19.0 Å². The molecular weight excluding hydrogens is 706 g/mol. The molecule has 3 heterocycles. The summed E-state index contributed by atoms with van der Waals surface area (Å²) in [5, 5.41) is 8.51. The minimum atomic E-state index is -2.87. The van der Waals surface area contributed by atoms with E-state index in [-0.39, 0.29) is 23.8 Å². The van der Waals surface area contributed by atoms with E-state index in [1.807, 2.05) is 12.1 Å². The second kappa shape index (κ2) is 18.2. The van der Waals surface area contributed by atoms with Crippen molar-refractivity contribution in [2.24, 2.45) is 5.92 Å². The number of piperidine rings is 1. The van der Waals surface area contributed by atoms with Crippen LogP contribution < -0.4 is 10.1 Å². The Kier molecular flexibility index (Phi) is 14.4. The maximum Gasteiger partial charge on any atom is 0.692 e. The van der Waals surface area contributed by atoms with Gasteiger partial charge in [-0.05, 0) is 81.8 Å². The molecule has 0 bridgehead atoms. The summed E-state index contributed by atoms with van der Waals surface area (Å²) in [4.78, 5) is 38.9. The summed E-state index contributed by atoms with van der Waals surface area (Å²) < 4.78 is 31.9. The van der Waals surface area contributed by atoms with Crippen molar-refractivity contribution in [2.75, 3.05) is 37.8 Å². The Labute approximate surface area is 291 Å². The number of anilines is 2. The van der Waals surface area contributed by atoms with Crippen LogP contribution in [0.2, 0.25) is 5.02 Å². The van der Waals surface area contributed by atoms with Gasteiger partial charge in [-0.1, -0.05) is 48.0 Å². The molecule has 1 aliphatic heterocycles. The Balaban J connectivity index is 0.00000118. The fourth-order valence-electron chi connectivity index (χ4n) is 4.83. The van der Waals surface area contributed by atoms with Crippen molar-refractivity contribution in [2.45, 2.75) is 49.9 Å². The highest BCUT2D eigenvalue weighted by molar-refractivity contribution is 8.01. The van der Waals surface area contributed by atoms with Gasteiger partial charge in [0.15, 0.2) is 14.1 Å². The summed E-state index contributed by atoms with van der Waals surface area (Å²) in [5.74, 6) is 2.03. The summed E-state index contributed by atoms with van der Waals surface area (Å²) in [7, 11) is -0.735. The van der Waals surface area contributed by atoms with Crippen LogP contribution in [0.25, 0.3) is 10.9 Å². The minimum Gasteiger partial charge on any atom is -0.493 e. The molecule has 0 unspecified atom stereocenters. The summed E-state index contributed by atoms with van der Waals surface area (Å²) in [6.45, 7) is 4.89. The number of unbranched alkanes of at least 4 members (excludes halogenated alkanes) is 1. The number of carbonyl (C=O) groups excluding carboxylic acids is 1. The second-order valence-corrected chi connectivity index (χ2v) is 14.8. The van der Waals surface area contributed by atoms with Crippen LogP contribution in [0.3, 0.4) is 0 Å². The van der Waals surface area contributed by atoms with E-state index in [9.17, 15) is 9.18 Å². The number of likely N-dealkylation sites (tertiary alicyclic amines) is 1. The number of ether oxygens (including phenoxy) is 1. The first-order valence-electron chi connectivity index (χ1n) is 14.9. The van der Waals surface area contributed by atoms with E-state index in [2.05, 4.69) is 39.3 Å². The van der Waals surface area contributed by atoms with Gasteiger partial charge >= 0.3 is 8.25 Å². The highest BCUT2D eigenvalue weighted by atomic mass is 35.5. The topological polar surface area (TPSA) is 143 Å². The fraction of sp³-hybridized carbons (Fsp3) is 0.433. The first-order valence-corrected chi connectivity index (χ1v) is 18.7. The third kappa shape index (κ3) is 11.5. The van der Waals surface area contributed by atoms with Crippen molar-refractivity contribution < 1.29 is 28.3 Å². The van der Waals surface area contributed by atoms with Crippen molar-refractivity contribution in [3.8, 4) is 5.75 Å². The van der Waals surface area contributed by atoms with E-state index < -0.39 is 14.1 Å². The van der Waals surface area contributed by atoms with Gasteiger partial charge < -0.3 is 15.0 Å². The third-order valence-corrected chi connectivity index (χ3v) is 10.2. The molecule has 0 atom stereocenters. The van der Waals surface area contributed by atoms with E-state index in [0.717, 1.165) is 54.4 Å². The number of thioether (sulfide) groups is 1. The zero-order valence-corrected chi connectivity index (χ0v) is 30.0. The van der Waals surface area contributed by atoms with Crippen LogP contribution in [-0.2, 0) is 22.3 Å². The van der Waals surface area contributed by atoms with Crippen molar-refractivity contribution in [3.63, 3.8) is 0 Å². The number of ketones is 1. The van der Waals surface area contributed by atoms with Crippen LogP contribution in [0.1, 0.15) is 38.2 Å². The van der Waals surface area contributed by atoms with Crippen LogP contribution in [0.5, 0.6) is 5.75 Å².